The molecule has 2 rings (SSSR count). The molecule has 0 spiro atoms. The first kappa shape index (κ1) is 28.8. The van der Waals surface area contributed by atoms with Crippen LogP contribution in [0.25, 0.3) is 0 Å². The van der Waals surface area contributed by atoms with E-state index in [0.29, 0.717) is 11.1 Å². The molecule has 0 saturated heterocycles. The highest BCUT2D eigenvalue weighted by Crippen LogP contribution is 2.11. The fraction of sp³-hybridized carbons (Fsp3) is 0.320. The molecule has 4 atom stereocenters. The number of aliphatic carboxylic acids is 2. The van der Waals surface area contributed by atoms with Crippen molar-refractivity contribution in [2.75, 3.05) is 0 Å². The molecule has 2 aromatic rings. The predicted molar refractivity (Wildman–Crippen MR) is 131 cm³/mol. The van der Waals surface area contributed by atoms with Crippen LogP contribution in [0.4, 0.5) is 0 Å². The number of amides is 3. The molecule has 198 valence electrons. The van der Waals surface area contributed by atoms with Crippen LogP contribution in [0.1, 0.15) is 24.5 Å². The molecule has 0 radical (unpaired) electrons. The average molecular weight is 515 g/mol. The number of aromatic hydroxyl groups is 1. The van der Waals surface area contributed by atoms with Crippen molar-refractivity contribution in [1.29, 1.82) is 0 Å². The van der Waals surface area contributed by atoms with Gasteiger partial charge >= 0.3 is 11.9 Å². The molecule has 2 aromatic carbocycles. The summed E-state index contributed by atoms with van der Waals surface area (Å²) in [6.45, 7) is 1.19. The van der Waals surface area contributed by atoms with Crippen molar-refractivity contribution in [3.05, 3.63) is 65.7 Å². The van der Waals surface area contributed by atoms with E-state index in [2.05, 4.69) is 16.0 Å². The van der Waals surface area contributed by atoms with Crippen molar-refractivity contribution in [3.8, 4) is 5.75 Å². The van der Waals surface area contributed by atoms with E-state index in [1.165, 1.54) is 19.1 Å². The Kier molecular flexibility index (Phi) is 10.6. The number of phenolic OH excluding ortho intramolecular Hbond substituents is 1. The number of nitrogens with one attached hydrogen (secondary N) is 3. The lowest BCUT2D eigenvalue weighted by molar-refractivity contribution is -0.143. The molecule has 0 saturated carbocycles. The van der Waals surface area contributed by atoms with Gasteiger partial charge in [-0.2, -0.15) is 0 Å². The number of nitrogens with two attached hydrogens (primary N) is 1. The second-order valence-corrected chi connectivity index (χ2v) is 8.46. The fourth-order valence-corrected chi connectivity index (χ4v) is 3.35. The number of carboxylic acid groups (broad SMARTS) is 2. The number of hydrogen-bond donors (Lipinski definition) is 7. The van der Waals surface area contributed by atoms with Gasteiger partial charge in [-0.3, -0.25) is 24.0 Å². The highest BCUT2D eigenvalue weighted by Gasteiger charge is 2.31. The second-order valence-electron chi connectivity index (χ2n) is 8.46. The Hall–Kier alpha value is -4.45. The fourth-order valence-electron chi connectivity index (χ4n) is 3.35. The lowest BCUT2D eigenvalue weighted by atomic mass is 10.0. The standard InChI is InChI=1S/C25H30N4O8/c1-14(25(36)37)27-23(34)20(13-21(31)32)29-24(35)19(12-15-5-3-2-4-6-15)28-22(33)18(26)11-16-7-9-17(30)10-8-16/h2-10,14,18-20,30H,11-13,26H2,1H3,(H,27,34)(H,28,33)(H,29,35)(H,31,32)(H,36,37). The topological polar surface area (TPSA) is 208 Å². The van der Waals surface area contributed by atoms with Crippen molar-refractivity contribution in [3.63, 3.8) is 0 Å². The molecule has 0 aliphatic rings. The zero-order valence-corrected chi connectivity index (χ0v) is 20.1. The van der Waals surface area contributed by atoms with Crippen LogP contribution >= 0.6 is 0 Å². The molecule has 0 heterocycles. The minimum absolute atomic E-state index is 0.0112. The normalized spacial score (nSPS) is 13.9. The summed E-state index contributed by atoms with van der Waals surface area (Å²) >= 11 is 0. The number of benzene rings is 2. The number of carbonyl (C=O) groups is 5. The lowest BCUT2D eigenvalue weighted by Gasteiger charge is -2.24. The van der Waals surface area contributed by atoms with E-state index in [0.717, 1.165) is 0 Å². The van der Waals surface area contributed by atoms with Gasteiger partial charge in [-0.1, -0.05) is 42.5 Å². The predicted octanol–water partition coefficient (Wildman–Crippen LogP) is -0.462. The monoisotopic (exact) mass is 514 g/mol. The average Bonchev–Trinajstić information content (AvgIpc) is 2.84. The molecule has 8 N–H and O–H groups in total. The van der Waals surface area contributed by atoms with Gasteiger partial charge in [0.15, 0.2) is 0 Å². The molecule has 12 nitrogen and oxygen atoms in total. The number of hydrogen-bond acceptors (Lipinski definition) is 7. The van der Waals surface area contributed by atoms with E-state index in [9.17, 15) is 34.2 Å². The van der Waals surface area contributed by atoms with Gasteiger partial charge in [0.1, 0.15) is 23.9 Å². The van der Waals surface area contributed by atoms with Crippen LogP contribution in [0.15, 0.2) is 54.6 Å². The summed E-state index contributed by atoms with van der Waals surface area (Å²) in [6.07, 6.45) is -0.684. The number of rotatable bonds is 13. The molecular weight excluding hydrogens is 484 g/mol. The molecule has 37 heavy (non-hydrogen) atoms. The summed E-state index contributed by atoms with van der Waals surface area (Å²) in [4.78, 5) is 60.8. The molecule has 4 unspecified atom stereocenters. The van der Waals surface area contributed by atoms with Gasteiger partial charge in [-0.25, -0.2) is 0 Å². The maximum absolute atomic E-state index is 13.1. The van der Waals surface area contributed by atoms with Gasteiger partial charge in [-0.05, 0) is 36.6 Å². The van der Waals surface area contributed by atoms with Crippen LogP contribution in [-0.2, 0) is 36.8 Å². The Balaban J connectivity index is 2.19. The van der Waals surface area contributed by atoms with Gasteiger partial charge in [-0.15, -0.1) is 0 Å². The molecule has 12 heteroatoms. The number of carboxylic acids is 2. The SMILES string of the molecule is CC(NC(=O)C(CC(=O)O)NC(=O)C(Cc1ccccc1)NC(=O)C(N)Cc1ccc(O)cc1)C(=O)O. The second kappa shape index (κ2) is 13.6. The summed E-state index contributed by atoms with van der Waals surface area (Å²) in [5.41, 5.74) is 7.37. The van der Waals surface area contributed by atoms with Gasteiger partial charge < -0.3 is 37.0 Å². The zero-order chi connectivity index (χ0) is 27.5. The van der Waals surface area contributed by atoms with Gasteiger partial charge in [0.2, 0.25) is 17.7 Å². The van der Waals surface area contributed by atoms with E-state index in [1.54, 1.807) is 42.5 Å². The largest absolute Gasteiger partial charge is 0.508 e. The Morgan fingerprint density at radius 3 is 1.86 bits per heavy atom. The van der Waals surface area contributed by atoms with Crippen molar-refractivity contribution >= 4 is 29.7 Å². The maximum Gasteiger partial charge on any atom is 0.325 e. The van der Waals surface area contributed by atoms with Crippen LogP contribution in [0, 0.1) is 0 Å². The highest BCUT2D eigenvalue weighted by molar-refractivity contribution is 5.95. The lowest BCUT2D eigenvalue weighted by Crippen LogP contribution is -2.58. The zero-order valence-electron chi connectivity index (χ0n) is 20.1. The first-order valence-corrected chi connectivity index (χ1v) is 11.4. The first-order valence-electron chi connectivity index (χ1n) is 11.4. The third-order valence-corrected chi connectivity index (χ3v) is 5.39. The van der Waals surface area contributed by atoms with Crippen LogP contribution in [0.2, 0.25) is 0 Å². The van der Waals surface area contributed by atoms with Crippen molar-refractivity contribution in [2.24, 2.45) is 5.73 Å². The molecule has 3 amide bonds. The molecular formula is C25H30N4O8. The van der Waals surface area contributed by atoms with E-state index in [4.69, 9.17) is 10.8 Å². The summed E-state index contributed by atoms with van der Waals surface area (Å²) in [5, 5.41) is 34.6. The highest BCUT2D eigenvalue weighted by atomic mass is 16.4. The van der Waals surface area contributed by atoms with E-state index in [-0.39, 0.29) is 18.6 Å². The summed E-state index contributed by atoms with van der Waals surface area (Å²) in [5.74, 6) is -5.20. The molecule has 0 aliphatic carbocycles. The quantitative estimate of drug-likeness (QED) is 0.184. The van der Waals surface area contributed by atoms with Gasteiger partial charge in [0.25, 0.3) is 0 Å². The molecule has 0 fully saturated rings. The Labute approximate surface area is 212 Å². The van der Waals surface area contributed by atoms with Gasteiger partial charge in [0, 0.05) is 6.42 Å². The van der Waals surface area contributed by atoms with Crippen LogP contribution in [-0.4, -0.2) is 69.1 Å². The van der Waals surface area contributed by atoms with E-state index in [1.807, 2.05) is 0 Å². The van der Waals surface area contributed by atoms with Crippen LogP contribution in [0.5, 0.6) is 5.75 Å². The first-order chi connectivity index (χ1) is 17.5. The van der Waals surface area contributed by atoms with Crippen molar-refractivity contribution in [1.82, 2.24) is 16.0 Å². The third kappa shape index (κ3) is 9.61. The summed E-state index contributed by atoms with van der Waals surface area (Å²) in [6, 6.07) is 9.59. The Morgan fingerprint density at radius 2 is 1.30 bits per heavy atom. The van der Waals surface area contributed by atoms with E-state index < -0.39 is 60.2 Å². The minimum atomic E-state index is -1.59. The van der Waals surface area contributed by atoms with Gasteiger partial charge in [0.05, 0.1) is 12.5 Å². The number of phenols is 1. The molecule has 0 aromatic heterocycles. The van der Waals surface area contributed by atoms with Crippen LogP contribution < -0.4 is 21.7 Å². The van der Waals surface area contributed by atoms with Crippen molar-refractivity contribution < 1.29 is 39.3 Å². The van der Waals surface area contributed by atoms with E-state index >= 15 is 0 Å². The van der Waals surface area contributed by atoms with Crippen molar-refractivity contribution in [2.45, 2.75) is 50.4 Å². The minimum Gasteiger partial charge on any atom is -0.508 e. The smallest absolute Gasteiger partial charge is 0.325 e. The molecule has 0 aliphatic heterocycles. The third-order valence-electron chi connectivity index (χ3n) is 5.39. The van der Waals surface area contributed by atoms with Crippen LogP contribution in [0.3, 0.4) is 0 Å². The number of carbonyl (C=O) groups excluding carboxylic acids is 3. The molecule has 0 bridgehead atoms. The Morgan fingerprint density at radius 1 is 0.757 bits per heavy atom. The maximum atomic E-state index is 13.1. The Bertz CT molecular complexity index is 1110. The summed E-state index contributed by atoms with van der Waals surface area (Å²) in [7, 11) is 0. The summed E-state index contributed by atoms with van der Waals surface area (Å²) < 4.78 is 0.